The predicted octanol–water partition coefficient (Wildman–Crippen LogP) is 2.30. The molecular formula is C19H24ClN2O2S+. The Hall–Kier alpha value is -1.40. The number of sulfonamides is 1. The van der Waals surface area contributed by atoms with Gasteiger partial charge in [0.1, 0.15) is 6.04 Å². The normalized spacial score (nSPS) is 18.2. The van der Waals surface area contributed by atoms with E-state index >= 15 is 0 Å². The van der Waals surface area contributed by atoms with Gasteiger partial charge in [0, 0.05) is 10.6 Å². The van der Waals surface area contributed by atoms with Crippen molar-refractivity contribution >= 4 is 21.6 Å². The van der Waals surface area contributed by atoms with Crippen molar-refractivity contribution in [2.75, 3.05) is 26.2 Å². The van der Waals surface area contributed by atoms with Gasteiger partial charge in [-0.3, -0.25) is 0 Å². The van der Waals surface area contributed by atoms with Crippen molar-refractivity contribution in [2.24, 2.45) is 0 Å². The Morgan fingerprint density at radius 2 is 1.72 bits per heavy atom. The summed E-state index contributed by atoms with van der Waals surface area (Å²) in [6, 6.07) is 15.7. The molecule has 4 nitrogen and oxygen atoms in total. The minimum atomic E-state index is -3.48. The Balaban J connectivity index is 1.70. The first kappa shape index (κ1) is 18.4. The second-order valence-electron chi connectivity index (χ2n) is 6.61. The molecule has 1 N–H and O–H groups in total. The Morgan fingerprint density at radius 1 is 1.08 bits per heavy atom. The van der Waals surface area contributed by atoms with E-state index in [4.69, 9.17) is 11.6 Å². The number of nitrogens with zero attached hydrogens (tertiary/aromatic N) is 1. The van der Waals surface area contributed by atoms with Crippen molar-refractivity contribution < 1.29 is 13.3 Å². The molecule has 1 atom stereocenters. The third-order valence-electron chi connectivity index (χ3n) is 5.06. The Kier molecular flexibility index (Phi) is 5.49. The fourth-order valence-electron chi connectivity index (χ4n) is 3.31. The van der Waals surface area contributed by atoms with E-state index in [9.17, 15) is 8.42 Å². The lowest BCUT2D eigenvalue weighted by molar-refractivity contribution is -0.933. The van der Waals surface area contributed by atoms with Gasteiger partial charge in [0.2, 0.25) is 10.0 Å². The summed E-state index contributed by atoms with van der Waals surface area (Å²) >= 11 is 6.10. The zero-order valence-corrected chi connectivity index (χ0v) is 16.1. The molecular weight excluding hydrogens is 356 g/mol. The van der Waals surface area contributed by atoms with E-state index in [-0.39, 0.29) is 4.90 Å². The first-order chi connectivity index (χ1) is 11.9. The summed E-state index contributed by atoms with van der Waals surface area (Å²) in [7, 11) is -3.48. The van der Waals surface area contributed by atoms with Gasteiger partial charge in [-0.25, -0.2) is 8.42 Å². The molecule has 2 aromatic rings. The van der Waals surface area contributed by atoms with Gasteiger partial charge < -0.3 is 4.90 Å². The molecule has 0 spiro atoms. The van der Waals surface area contributed by atoms with Crippen LogP contribution in [0.3, 0.4) is 0 Å². The number of hydrogen-bond acceptors (Lipinski definition) is 2. The molecule has 0 aromatic heterocycles. The van der Waals surface area contributed by atoms with Crippen molar-refractivity contribution in [3.8, 4) is 0 Å². The standard InChI is InChI=1S/C19H23ClN2O2S/c1-15-8-9-18(14-19(15)20)25(23,24)22-12-10-21(11-13-22)16(2)17-6-4-3-5-7-17/h3-9,14,16H,10-13H2,1-2H3/p+1/t16-/m1/s1. The number of piperazine rings is 1. The maximum Gasteiger partial charge on any atom is 0.243 e. The van der Waals surface area contributed by atoms with E-state index in [0.717, 1.165) is 18.7 Å². The summed E-state index contributed by atoms with van der Waals surface area (Å²) in [4.78, 5) is 1.70. The highest BCUT2D eigenvalue weighted by atomic mass is 35.5. The van der Waals surface area contributed by atoms with Gasteiger partial charge in [-0.05, 0) is 31.5 Å². The molecule has 1 fully saturated rings. The smallest absolute Gasteiger partial charge is 0.243 e. The molecule has 134 valence electrons. The number of hydrogen-bond donors (Lipinski definition) is 1. The molecule has 6 heteroatoms. The van der Waals surface area contributed by atoms with Crippen LogP contribution in [0.4, 0.5) is 0 Å². The van der Waals surface area contributed by atoms with E-state index in [1.807, 2.05) is 25.1 Å². The third kappa shape index (κ3) is 3.90. The zero-order valence-electron chi connectivity index (χ0n) is 14.6. The Morgan fingerprint density at radius 3 is 2.32 bits per heavy atom. The van der Waals surface area contributed by atoms with E-state index in [1.165, 1.54) is 10.5 Å². The van der Waals surface area contributed by atoms with Gasteiger partial charge in [-0.15, -0.1) is 0 Å². The van der Waals surface area contributed by atoms with Crippen molar-refractivity contribution in [3.63, 3.8) is 0 Å². The van der Waals surface area contributed by atoms with Crippen LogP contribution in [0, 0.1) is 6.92 Å². The molecule has 25 heavy (non-hydrogen) atoms. The van der Waals surface area contributed by atoms with Crippen LogP contribution < -0.4 is 4.90 Å². The summed E-state index contributed by atoms with van der Waals surface area (Å²) in [6.07, 6.45) is 0. The Labute approximate surface area is 155 Å². The zero-order chi connectivity index (χ0) is 18.0. The van der Waals surface area contributed by atoms with Crippen LogP contribution in [0.15, 0.2) is 53.4 Å². The minimum absolute atomic E-state index is 0.280. The van der Waals surface area contributed by atoms with Crippen LogP contribution in [-0.4, -0.2) is 38.9 Å². The van der Waals surface area contributed by atoms with E-state index in [0.29, 0.717) is 24.2 Å². The van der Waals surface area contributed by atoms with E-state index in [2.05, 4.69) is 19.1 Å². The third-order valence-corrected chi connectivity index (χ3v) is 7.36. The quantitative estimate of drug-likeness (QED) is 0.885. The fraction of sp³-hybridized carbons (Fsp3) is 0.368. The van der Waals surface area contributed by atoms with E-state index in [1.54, 1.807) is 22.5 Å². The molecule has 0 saturated carbocycles. The number of benzene rings is 2. The van der Waals surface area contributed by atoms with E-state index < -0.39 is 10.0 Å². The lowest BCUT2D eigenvalue weighted by atomic mass is 10.1. The highest BCUT2D eigenvalue weighted by Gasteiger charge is 2.32. The maximum atomic E-state index is 12.9. The highest BCUT2D eigenvalue weighted by Crippen LogP contribution is 2.23. The van der Waals surface area contributed by atoms with Gasteiger partial charge in [0.25, 0.3) is 0 Å². The van der Waals surface area contributed by atoms with Gasteiger partial charge in [-0.1, -0.05) is 48.0 Å². The fourth-order valence-corrected chi connectivity index (χ4v) is 5.02. The number of halogens is 1. The van der Waals surface area contributed by atoms with Crippen molar-refractivity contribution in [1.82, 2.24) is 4.31 Å². The number of aryl methyl sites for hydroxylation is 1. The SMILES string of the molecule is Cc1ccc(S(=O)(=O)N2CC[NH+]([C@H](C)c3ccccc3)CC2)cc1Cl. The molecule has 0 radical (unpaired) electrons. The first-order valence-corrected chi connectivity index (χ1v) is 10.4. The summed E-state index contributed by atoms with van der Waals surface area (Å²) in [6.45, 7) is 6.73. The maximum absolute atomic E-state index is 12.9. The van der Waals surface area contributed by atoms with Crippen molar-refractivity contribution in [1.29, 1.82) is 0 Å². The molecule has 0 aliphatic carbocycles. The Bertz CT molecular complexity index is 832. The van der Waals surface area contributed by atoms with Crippen molar-refractivity contribution in [3.05, 3.63) is 64.7 Å². The summed E-state index contributed by atoms with van der Waals surface area (Å²) in [5.74, 6) is 0. The molecule has 0 unspecified atom stereocenters. The van der Waals surface area contributed by atoms with Crippen LogP contribution in [0.25, 0.3) is 0 Å². The second kappa shape index (κ2) is 7.46. The molecule has 1 saturated heterocycles. The number of rotatable bonds is 4. The van der Waals surface area contributed by atoms with Crippen molar-refractivity contribution in [2.45, 2.75) is 24.8 Å². The first-order valence-electron chi connectivity index (χ1n) is 8.55. The molecule has 0 amide bonds. The molecule has 1 heterocycles. The van der Waals surface area contributed by atoms with Gasteiger partial charge in [-0.2, -0.15) is 4.31 Å². The molecule has 0 bridgehead atoms. The van der Waals surface area contributed by atoms with Crippen LogP contribution in [0.2, 0.25) is 5.02 Å². The monoisotopic (exact) mass is 379 g/mol. The van der Waals surface area contributed by atoms with Crippen LogP contribution in [-0.2, 0) is 10.0 Å². The summed E-state index contributed by atoms with van der Waals surface area (Å²) in [5.41, 5.74) is 2.17. The topological polar surface area (TPSA) is 41.8 Å². The minimum Gasteiger partial charge on any atom is -0.327 e. The average Bonchev–Trinajstić information content (AvgIpc) is 2.64. The summed E-state index contributed by atoms with van der Waals surface area (Å²) in [5, 5.41) is 0.489. The summed E-state index contributed by atoms with van der Waals surface area (Å²) < 4.78 is 27.3. The van der Waals surface area contributed by atoms with Gasteiger partial charge in [0.05, 0.1) is 31.1 Å². The number of nitrogens with one attached hydrogen (secondary N) is 1. The molecule has 1 aliphatic heterocycles. The van der Waals surface area contributed by atoms with Crippen LogP contribution in [0.1, 0.15) is 24.1 Å². The van der Waals surface area contributed by atoms with Crippen LogP contribution >= 0.6 is 11.6 Å². The molecule has 3 rings (SSSR count). The predicted molar refractivity (Wildman–Crippen MR) is 101 cm³/mol. The number of quaternary nitrogens is 1. The van der Waals surface area contributed by atoms with Gasteiger partial charge in [0.15, 0.2) is 0 Å². The lowest BCUT2D eigenvalue weighted by Gasteiger charge is -2.35. The lowest BCUT2D eigenvalue weighted by Crippen LogP contribution is -3.14. The average molecular weight is 380 g/mol. The largest absolute Gasteiger partial charge is 0.327 e. The molecule has 2 aromatic carbocycles. The highest BCUT2D eigenvalue weighted by molar-refractivity contribution is 7.89. The van der Waals surface area contributed by atoms with Crippen LogP contribution in [0.5, 0.6) is 0 Å². The van der Waals surface area contributed by atoms with Gasteiger partial charge >= 0.3 is 0 Å². The second-order valence-corrected chi connectivity index (χ2v) is 8.95. The molecule has 1 aliphatic rings.